The first-order chi connectivity index (χ1) is 11.0. The maximum Gasteiger partial charge on any atom is 0.331 e. The number of ether oxygens (including phenoxy) is 1. The molecule has 1 amide bonds. The zero-order valence-corrected chi connectivity index (χ0v) is 12.7. The van der Waals surface area contributed by atoms with Gasteiger partial charge in [0.1, 0.15) is 5.82 Å². The third kappa shape index (κ3) is 5.92. The summed E-state index contributed by atoms with van der Waals surface area (Å²) in [6.07, 6.45) is 2.72. The van der Waals surface area contributed by atoms with E-state index in [1.807, 2.05) is 0 Å². The third-order valence-corrected chi connectivity index (χ3v) is 2.95. The van der Waals surface area contributed by atoms with Crippen LogP contribution in [0.1, 0.15) is 5.56 Å². The van der Waals surface area contributed by atoms with E-state index in [0.29, 0.717) is 10.7 Å². The van der Waals surface area contributed by atoms with Gasteiger partial charge in [0.2, 0.25) is 0 Å². The molecule has 0 fully saturated rings. The lowest BCUT2D eigenvalue weighted by Crippen LogP contribution is -2.20. The summed E-state index contributed by atoms with van der Waals surface area (Å²) in [5.74, 6) is -1.69. The second-order valence-electron chi connectivity index (χ2n) is 4.55. The Hall–Kier alpha value is -2.66. The van der Waals surface area contributed by atoms with Gasteiger partial charge < -0.3 is 10.1 Å². The molecule has 0 radical (unpaired) electrons. The minimum Gasteiger partial charge on any atom is -0.452 e. The maximum absolute atomic E-state index is 13.0. The number of esters is 1. The van der Waals surface area contributed by atoms with Gasteiger partial charge >= 0.3 is 5.97 Å². The van der Waals surface area contributed by atoms with Gasteiger partial charge in [-0.1, -0.05) is 29.8 Å². The van der Waals surface area contributed by atoms with E-state index in [2.05, 4.69) is 5.32 Å². The fourth-order valence-electron chi connectivity index (χ4n) is 1.72. The number of carbonyl (C=O) groups is 2. The quantitative estimate of drug-likeness (QED) is 0.671. The predicted octanol–water partition coefficient (Wildman–Crippen LogP) is 3.67. The van der Waals surface area contributed by atoms with Crippen molar-refractivity contribution >= 4 is 35.2 Å². The van der Waals surface area contributed by atoms with Crippen molar-refractivity contribution in [2.45, 2.75) is 0 Å². The highest BCUT2D eigenvalue weighted by Gasteiger charge is 2.06. The Kier molecular flexibility index (Phi) is 5.88. The van der Waals surface area contributed by atoms with Crippen molar-refractivity contribution in [1.82, 2.24) is 0 Å². The van der Waals surface area contributed by atoms with Crippen LogP contribution >= 0.6 is 11.6 Å². The van der Waals surface area contributed by atoms with Gasteiger partial charge in [-0.15, -0.1) is 0 Å². The Morgan fingerprint density at radius 1 is 1.17 bits per heavy atom. The van der Waals surface area contributed by atoms with E-state index in [1.165, 1.54) is 36.4 Å². The number of amides is 1. The Bertz CT molecular complexity index is 746. The molecule has 4 nitrogen and oxygen atoms in total. The summed E-state index contributed by atoms with van der Waals surface area (Å²) in [6, 6.07) is 12.3. The van der Waals surface area contributed by atoms with Gasteiger partial charge in [-0.05, 0) is 42.0 Å². The van der Waals surface area contributed by atoms with Crippen LogP contribution in [-0.2, 0) is 14.3 Å². The Balaban J connectivity index is 1.81. The molecule has 118 valence electrons. The van der Waals surface area contributed by atoms with Crippen LogP contribution in [0.15, 0.2) is 54.6 Å². The van der Waals surface area contributed by atoms with Gasteiger partial charge in [0.25, 0.3) is 5.91 Å². The summed E-state index contributed by atoms with van der Waals surface area (Å²) in [5.41, 5.74) is 1.03. The molecule has 0 aromatic heterocycles. The molecule has 6 heteroatoms. The van der Waals surface area contributed by atoms with Crippen LogP contribution in [0.5, 0.6) is 0 Å². The molecule has 0 aliphatic heterocycles. The number of carbonyl (C=O) groups excluding carboxylic acids is 2. The predicted molar refractivity (Wildman–Crippen MR) is 86.5 cm³/mol. The molecule has 1 N–H and O–H groups in total. The summed E-state index contributed by atoms with van der Waals surface area (Å²) in [4.78, 5) is 23.1. The van der Waals surface area contributed by atoms with Gasteiger partial charge in [0, 0.05) is 16.8 Å². The van der Waals surface area contributed by atoms with E-state index in [0.717, 1.165) is 5.56 Å². The largest absolute Gasteiger partial charge is 0.452 e. The van der Waals surface area contributed by atoms with E-state index < -0.39 is 24.3 Å². The average Bonchev–Trinajstić information content (AvgIpc) is 2.51. The lowest BCUT2D eigenvalue weighted by molar-refractivity contribution is -0.142. The van der Waals surface area contributed by atoms with Crippen LogP contribution in [0.4, 0.5) is 10.1 Å². The number of rotatable bonds is 5. The Labute approximate surface area is 137 Å². The molecule has 0 saturated heterocycles. The van der Waals surface area contributed by atoms with Crippen LogP contribution in [0.3, 0.4) is 0 Å². The summed E-state index contributed by atoms with van der Waals surface area (Å²) >= 11 is 5.82. The fourth-order valence-corrected chi connectivity index (χ4v) is 1.92. The first-order valence-electron chi connectivity index (χ1n) is 6.69. The van der Waals surface area contributed by atoms with Crippen LogP contribution < -0.4 is 5.32 Å². The molecule has 0 saturated carbocycles. The minimum atomic E-state index is -0.667. The van der Waals surface area contributed by atoms with Crippen molar-refractivity contribution in [3.8, 4) is 0 Å². The molecule has 2 aromatic rings. The van der Waals surface area contributed by atoms with Crippen LogP contribution in [0.2, 0.25) is 5.02 Å². The van der Waals surface area contributed by atoms with E-state index in [1.54, 1.807) is 24.3 Å². The van der Waals surface area contributed by atoms with Crippen molar-refractivity contribution in [2.75, 3.05) is 11.9 Å². The standard InChI is InChI=1S/C17H13ClFNO3/c18-13-4-1-3-12(9-13)7-8-17(22)23-11-16(21)20-15-6-2-5-14(19)10-15/h1-10H,11H2,(H,20,21)/b8-7+. The lowest BCUT2D eigenvalue weighted by Gasteiger charge is -2.05. The molecule has 0 unspecified atom stereocenters. The van der Waals surface area contributed by atoms with Crippen molar-refractivity contribution in [3.05, 3.63) is 71.0 Å². The van der Waals surface area contributed by atoms with Crippen molar-refractivity contribution in [2.24, 2.45) is 0 Å². The van der Waals surface area contributed by atoms with Gasteiger partial charge in [0.15, 0.2) is 6.61 Å². The lowest BCUT2D eigenvalue weighted by atomic mass is 10.2. The van der Waals surface area contributed by atoms with E-state index in [9.17, 15) is 14.0 Å². The summed E-state index contributed by atoms with van der Waals surface area (Å²) < 4.78 is 17.8. The van der Waals surface area contributed by atoms with E-state index in [4.69, 9.17) is 16.3 Å². The van der Waals surface area contributed by atoms with Crippen LogP contribution in [0, 0.1) is 5.82 Å². The zero-order chi connectivity index (χ0) is 16.7. The molecular weight excluding hydrogens is 321 g/mol. The number of hydrogen-bond donors (Lipinski definition) is 1. The number of nitrogens with one attached hydrogen (secondary N) is 1. The maximum atomic E-state index is 13.0. The summed E-state index contributed by atoms with van der Waals surface area (Å²) in [6.45, 7) is -0.463. The number of anilines is 1. The second-order valence-corrected chi connectivity index (χ2v) is 4.99. The van der Waals surface area contributed by atoms with E-state index >= 15 is 0 Å². The van der Waals surface area contributed by atoms with Crippen LogP contribution in [-0.4, -0.2) is 18.5 Å². The molecule has 0 spiro atoms. The molecule has 23 heavy (non-hydrogen) atoms. The summed E-state index contributed by atoms with van der Waals surface area (Å²) in [7, 11) is 0. The monoisotopic (exact) mass is 333 g/mol. The average molecular weight is 334 g/mol. The molecule has 0 atom stereocenters. The molecular formula is C17H13ClFNO3. The molecule has 2 aromatic carbocycles. The summed E-state index contributed by atoms with van der Waals surface area (Å²) in [5, 5.41) is 2.97. The highest BCUT2D eigenvalue weighted by molar-refractivity contribution is 6.30. The molecule has 0 aliphatic carbocycles. The highest BCUT2D eigenvalue weighted by Crippen LogP contribution is 2.12. The van der Waals surface area contributed by atoms with Crippen molar-refractivity contribution in [3.63, 3.8) is 0 Å². The normalized spacial score (nSPS) is 10.5. The topological polar surface area (TPSA) is 55.4 Å². The molecule has 0 bridgehead atoms. The smallest absolute Gasteiger partial charge is 0.331 e. The Morgan fingerprint density at radius 2 is 1.96 bits per heavy atom. The van der Waals surface area contributed by atoms with Gasteiger partial charge in [0.05, 0.1) is 0 Å². The highest BCUT2D eigenvalue weighted by atomic mass is 35.5. The second kappa shape index (κ2) is 8.10. The van der Waals surface area contributed by atoms with Crippen molar-refractivity contribution < 1.29 is 18.7 Å². The third-order valence-electron chi connectivity index (χ3n) is 2.71. The molecule has 2 rings (SSSR count). The SMILES string of the molecule is O=C(COC(=O)/C=C/c1cccc(Cl)c1)Nc1cccc(F)c1. The first-order valence-corrected chi connectivity index (χ1v) is 7.06. The van der Waals surface area contributed by atoms with Crippen LogP contribution in [0.25, 0.3) is 6.08 Å². The first kappa shape index (κ1) is 16.7. The molecule has 0 aliphatic rings. The number of hydrogen-bond acceptors (Lipinski definition) is 3. The van der Waals surface area contributed by atoms with E-state index in [-0.39, 0.29) is 0 Å². The molecule has 0 heterocycles. The zero-order valence-electron chi connectivity index (χ0n) is 12.0. The van der Waals surface area contributed by atoms with Crippen molar-refractivity contribution in [1.29, 1.82) is 0 Å². The van der Waals surface area contributed by atoms with Gasteiger partial charge in [-0.3, -0.25) is 4.79 Å². The fraction of sp³-hybridized carbons (Fsp3) is 0.0588. The Morgan fingerprint density at radius 3 is 2.70 bits per heavy atom. The minimum absolute atomic E-state index is 0.292. The van der Waals surface area contributed by atoms with Gasteiger partial charge in [-0.2, -0.15) is 0 Å². The number of benzene rings is 2. The number of halogens is 2. The van der Waals surface area contributed by atoms with Gasteiger partial charge in [-0.25, -0.2) is 9.18 Å².